The molecule has 1 atom stereocenters. The van der Waals surface area contributed by atoms with Gasteiger partial charge in [-0.05, 0) is 85.0 Å². The number of aryl methyl sites for hydroxylation is 2. The lowest BCUT2D eigenvalue weighted by molar-refractivity contribution is 0.260. The highest BCUT2D eigenvalue weighted by Gasteiger charge is 2.25. The van der Waals surface area contributed by atoms with Crippen molar-refractivity contribution in [3.63, 3.8) is 0 Å². The molecule has 0 bridgehead atoms. The van der Waals surface area contributed by atoms with Crippen LogP contribution in [0.3, 0.4) is 0 Å². The number of benzene rings is 2. The van der Waals surface area contributed by atoms with Gasteiger partial charge >= 0.3 is 6.03 Å². The molecule has 0 aliphatic heterocycles. The first kappa shape index (κ1) is 20.1. The zero-order valence-corrected chi connectivity index (χ0v) is 17.6. The van der Waals surface area contributed by atoms with Crippen LogP contribution in [0.5, 0.6) is 0 Å². The number of carbonyl (C=O) groups excluding carboxylic acids is 1. The molecule has 0 saturated carbocycles. The van der Waals surface area contributed by atoms with E-state index in [0.29, 0.717) is 4.90 Å². The van der Waals surface area contributed by atoms with Gasteiger partial charge in [-0.15, -0.1) is 4.36 Å². The maximum absolute atomic E-state index is 12.9. The summed E-state index contributed by atoms with van der Waals surface area (Å²) in [7, 11) is -3.30. The van der Waals surface area contributed by atoms with Gasteiger partial charge in [-0.2, -0.15) is 0 Å². The molecule has 0 fully saturated rings. The molecule has 0 heterocycles. The first-order valence-electron chi connectivity index (χ1n) is 10.3. The molecule has 0 aromatic heterocycles. The van der Waals surface area contributed by atoms with Crippen molar-refractivity contribution in [3.8, 4) is 0 Å². The molecule has 0 spiro atoms. The molecule has 2 aromatic rings. The largest absolute Gasteiger partial charge is 0.354 e. The minimum absolute atomic E-state index is 0.358. The van der Waals surface area contributed by atoms with Gasteiger partial charge in [-0.3, -0.25) is 0 Å². The van der Waals surface area contributed by atoms with Crippen molar-refractivity contribution in [3.05, 3.63) is 58.1 Å². The van der Waals surface area contributed by atoms with Crippen molar-refractivity contribution in [1.29, 1.82) is 0 Å². The Hall–Kier alpha value is -2.22. The number of hydrogen-bond donors (Lipinski definition) is 3. The van der Waals surface area contributed by atoms with Crippen LogP contribution in [-0.2, 0) is 42.1 Å². The third kappa shape index (κ3) is 4.22. The van der Waals surface area contributed by atoms with Crippen molar-refractivity contribution in [2.24, 2.45) is 9.50 Å². The van der Waals surface area contributed by atoms with Crippen LogP contribution in [-0.4, -0.2) is 16.8 Å². The Labute approximate surface area is 172 Å². The van der Waals surface area contributed by atoms with Gasteiger partial charge in [0.25, 0.3) is 0 Å². The van der Waals surface area contributed by atoms with Gasteiger partial charge in [-0.1, -0.05) is 25.1 Å². The van der Waals surface area contributed by atoms with Crippen LogP contribution in [0.2, 0.25) is 0 Å². The minimum Gasteiger partial charge on any atom is -0.313 e. The average molecular weight is 413 g/mol. The highest BCUT2D eigenvalue weighted by Crippen LogP contribution is 2.38. The van der Waals surface area contributed by atoms with Crippen molar-refractivity contribution in [1.82, 2.24) is 5.32 Å². The highest BCUT2D eigenvalue weighted by molar-refractivity contribution is 7.91. The van der Waals surface area contributed by atoms with Gasteiger partial charge < -0.3 is 10.6 Å². The van der Waals surface area contributed by atoms with Gasteiger partial charge in [0.1, 0.15) is 9.92 Å². The summed E-state index contributed by atoms with van der Waals surface area (Å²) in [5.41, 5.74) is 7.02. The number of fused-ring (bicyclic) bond motifs is 2. The van der Waals surface area contributed by atoms with E-state index in [9.17, 15) is 9.00 Å². The minimum atomic E-state index is -3.30. The topological polar surface area (TPSA) is 96.6 Å². The monoisotopic (exact) mass is 412 g/mol. The van der Waals surface area contributed by atoms with Crippen molar-refractivity contribution < 1.29 is 9.00 Å². The Morgan fingerprint density at radius 2 is 1.69 bits per heavy atom. The second-order valence-electron chi connectivity index (χ2n) is 7.75. The molecule has 154 valence electrons. The van der Waals surface area contributed by atoms with E-state index in [1.165, 1.54) is 22.3 Å². The number of hydrogen-bond acceptors (Lipinski definition) is 3. The molecule has 2 aliphatic carbocycles. The number of nitrogens with zero attached hydrogens (tertiary/aromatic N) is 1. The summed E-state index contributed by atoms with van der Waals surface area (Å²) in [5, 5.41) is 12.1. The Bertz CT molecular complexity index is 1020. The molecule has 7 heteroatoms. The Morgan fingerprint density at radius 3 is 2.28 bits per heavy atom. The van der Waals surface area contributed by atoms with E-state index in [-0.39, 0.29) is 0 Å². The lowest BCUT2D eigenvalue weighted by atomic mass is 9.99. The van der Waals surface area contributed by atoms with Crippen molar-refractivity contribution in [2.45, 2.75) is 56.9 Å². The number of anilines is 1. The number of nitrogens with one attached hydrogen (secondary N) is 2. The molecule has 2 amide bonds. The van der Waals surface area contributed by atoms with Crippen LogP contribution < -0.4 is 15.8 Å². The molecule has 6 nitrogen and oxygen atoms in total. The fourth-order valence-electron chi connectivity index (χ4n) is 4.34. The van der Waals surface area contributed by atoms with Gasteiger partial charge in [0.15, 0.2) is 0 Å². The summed E-state index contributed by atoms with van der Waals surface area (Å²) >= 11 is 0. The normalized spacial score (nSPS) is 16.8. The van der Waals surface area contributed by atoms with Crippen LogP contribution in [0.15, 0.2) is 39.6 Å². The predicted octanol–water partition coefficient (Wildman–Crippen LogP) is 3.71. The molecule has 4 N–H and O–H groups in total. The maximum atomic E-state index is 12.9. The Balaban J connectivity index is 1.58. The first-order valence-corrected chi connectivity index (χ1v) is 11.9. The summed E-state index contributed by atoms with van der Waals surface area (Å²) in [6.07, 6.45) is 6.23. The van der Waals surface area contributed by atoms with E-state index in [0.717, 1.165) is 62.9 Å². The second kappa shape index (κ2) is 8.26. The highest BCUT2D eigenvalue weighted by atomic mass is 32.2. The molecule has 2 aliphatic rings. The van der Waals surface area contributed by atoms with Crippen molar-refractivity contribution in [2.75, 3.05) is 11.9 Å². The van der Waals surface area contributed by atoms with E-state index in [2.05, 4.69) is 21.1 Å². The average Bonchev–Trinajstić information content (AvgIpc) is 3.35. The van der Waals surface area contributed by atoms with E-state index in [1.807, 2.05) is 19.1 Å². The predicted molar refractivity (Wildman–Crippen MR) is 116 cm³/mol. The van der Waals surface area contributed by atoms with Crippen LogP contribution in [0.25, 0.3) is 0 Å². The summed E-state index contributed by atoms with van der Waals surface area (Å²) in [6, 6.07) is 8.75. The number of rotatable bonds is 5. The molecular weight excluding hydrogens is 384 g/mol. The lowest BCUT2D eigenvalue weighted by Gasteiger charge is -2.15. The molecule has 29 heavy (non-hydrogen) atoms. The van der Waals surface area contributed by atoms with Gasteiger partial charge in [0.05, 0.1) is 4.90 Å². The van der Waals surface area contributed by atoms with Crippen LogP contribution in [0.1, 0.15) is 47.6 Å². The Morgan fingerprint density at radius 1 is 1.07 bits per heavy atom. The Kier molecular flexibility index (Phi) is 5.72. The standard InChI is InChI=1S/C22H28N4O2S/c1-2-24-14-15-9-11-18(12-10-15)29(23,28)26-22(27)25-21-19-7-3-5-16(19)13-17-6-4-8-20(17)21/h9-13,24H,2-8,14H2,1H3,(H3,23,25,26,27,28). The molecule has 4 rings (SSSR count). The van der Waals surface area contributed by atoms with Crippen LogP contribution in [0.4, 0.5) is 10.5 Å². The molecule has 0 radical (unpaired) electrons. The van der Waals surface area contributed by atoms with Gasteiger partial charge in [-0.25, -0.2) is 14.1 Å². The van der Waals surface area contributed by atoms with E-state index in [4.69, 9.17) is 5.14 Å². The smallest absolute Gasteiger partial charge is 0.313 e. The van der Waals surface area contributed by atoms with E-state index in [1.54, 1.807) is 12.1 Å². The number of carbonyl (C=O) groups is 1. The zero-order chi connectivity index (χ0) is 20.4. The third-order valence-corrected chi connectivity index (χ3v) is 7.15. The summed E-state index contributed by atoms with van der Waals surface area (Å²) in [4.78, 5) is 13.0. The van der Waals surface area contributed by atoms with Crippen molar-refractivity contribution >= 4 is 21.6 Å². The second-order valence-corrected chi connectivity index (χ2v) is 9.54. The SMILES string of the molecule is CCNCc1ccc(S(N)(=O)=NC(=O)Nc2c3c(cc4c2CCC4)CCC3)cc1. The van der Waals surface area contributed by atoms with Gasteiger partial charge in [0.2, 0.25) is 0 Å². The molecule has 0 saturated heterocycles. The van der Waals surface area contributed by atoms with Crippen LogP contribution in [0, 0.1) is 0 Å². The number of nitrogens with two attached hydrogens (primary N) is 1. The number of urea groups is 1. The quantitative estimate of drug-likeness (QED) is 0.698. The zero-order valence-electron chi connectivity index (χ0n) is 16.8. The maximum Gasteiger partial charge on any atom is 0.354 e. The molecule has 1 unspecified atom stereocenters. The fraction of sp³-hybridized carbons (Fsp3) is 0.409. The summed E-state index contributed by atoms with van der Waals surface area (Å²) < 4.78 is 16.8. The van der Waals surface area contributed by atoms with Crippen LogP contribution >= 0.6 is 0 Å². The first-order chi connectivity index (χ1) is 14.0. The lowest BCUT2D eigenvalue weighted by Crippen LogP contribution is -2.19. The van der Waals surface area contributed by atoms with E-state index < -0.39 is 15.9 Å². The number of amides is 2. The summed E-state index contributed by atoms with van der Waals surface area (Å²) in [5.74, 6) is 0. The summed E-state index contributed by atoms with van der Waals surface area (Å²) in [6.45, 7) is 3.64. The van der Waals surface area contributed by atoms with E-state index >= 15 is 0 Å². The van der Waals surface area contributed by atoms with Gasteiger partial charge in [0, 0.05) is 12.2 Å². The molecular formula is C22H28N4O2S. The fourth-order valence-corrected chi connectivity index (χ4v) is 5.27. The third-order valence-electron chi connectivity index (χ3n) is 5.76. The molecule has 2 aromatic carbocycles.